The fraction of sp³-hybridized carbons (Fsp3) is 1.00. The van der Waals surface area contributed by atoms with E-state index in [2.05, 4.69) is 20.8 Å². The normalized spacial score (nSPS) is 21.0. The molecule has 2 nitrogen and oxygen atoms in total. The Hall–Kier alpha value is -0.0800. The summed E-state index contributed by atoms with van der Waals surface area (Å²) < 4.78 is 5.65. The highest BCUT2D eigenvalue weighted by Crippen LogP contribution is 2.47. The van der Waals surface area contributed by atoms with Crippen molar-refractivity contribution in [2.24, 2.45) is 11.1 Å². The lowest BCUT2D eigenvalue weighted by Crippen LogP contribution is -2.23. The van der Waals surface area contributed by atoms with Crippen LogP contribution in [0.5, 0.6) is 0 Å². The van der Waals surface area contributed by atoms with Crippen molar-refractivity contribution in [2.75, 3.05) is 13.2 Å². The predicted molar refractivity (Wildman–Crippen MR) is 51.0 cm³/mol. The van der Waals surface area contributed by atoms with Crippen LogP contribution in [-0.2, 0) is 4.74 Å². The third kappa shape index (κ3) is 3.11. The van der Waals surface area contributed by atoms with Crippen LogP contribution in [0.2, 0.25) is 0 Å². The largest absolute Gasteiger partial charge is 0.376 e. The number of rotatable bonds is 4. The molecule has 2 heteroatoms. The third-order valence-electron chi connectivity index (χ3n) is 2.56. The first kappa shape index (κ1) is 10.0. The van der Waals surface area contributed by atoms with Crippen molar-refractivity contribution >= 4 is 0 Å². The van der Waals surface area contributed by atoms with Crippen LogP contribution in [-0.4, -0.2) is 18.8 Å². The van der Waals surface area contributed by atoms with Gasteiger partial charge in [0.25, 0.3) is 0 Å². The summed E-state index contributed by atoms with van der Waals surface area (Å²) in [6, 6.07) is 0. The monoisotopic (exact) mass is 171 g/mol. The van der Waals surface area contributed by atoms with Gasteiger partial charge >= 0.3 is 0 Å². The van der Waals surface area contributed by atoms with Crippen LogP contribution in [0, 0.1) is 5.41 Å². The smallest absolute Gasteiger partial charge is 0.0598 e. The second kappa shape index (κ2) is 3.35. The van der Waals surface area contributed by atoms with Gasteiger partial charge in [-0.05, 0) is 52.0 Å². The first-order valence-electron chi connectivity index (χ1n) is 4.82. The molecule has 1 aliphatic carbocycles. The first-order valence-corrected chi connectivity index (χ1v) is 4.82. The van der Waals surface area contributed by atoms with Gasteiger partial charge in [-0.15, -0.1) is 0 Å². The topological polar surface area (TPSA) is 35.2 Å². The molecule has 1 saturated carbocycles. The molecule has 0 bridgehead atoms. The lowest BCUT2D eigenvalue weighted by atomic mass is 10.0. The van der Waals surface area contributed by atoms with Gasteiger partial charge in [-0.25, -0.2) is 0 Å². The Bertz CT molecular complexity index is 144. The Kier molecular flexibility index (Phi) is 2.79. The minimum atomic E-state index is 0.00464. The molecule has 2 N–H and O–H groups in total. The number of hydrogen-bond acceptors (Lipinski definition) is 2. The van der Waals surface area contributed by atoms with Gasteiger partial charge in [-0.2, -0.15) is 0 Å². The fourth-order valence-electron chi connectivity index (χ4n) is 1.31. The van der Waals surface area contributed by atoms with Crippen LogP contribution in [0.25, 0.3) is 0 Å². The van der Waals surface area contributed by atoms with Gasteiger partial charge in [-0.3, -0.25) is 0 Å². The summed E-state index contributed by atoms with van der Waals surface area (Å²) >= 11 is 0. The maximum Gasteiger partial charge on any atom is 0.0598 e. The molecule has 0 aromatic rings. The number of hydrogen-bond donors (Lipinski definition) is 1. The van der Waals surface area contributed by atoms with E-state index in [1.807, 2.05) is 0 Å². The summed E-state index contributed by atoms with van der Waals surface area (Å²) in [5, 5.41) is 0. The Labute approximate surface area is 75.5 Å². The highest BCUT2D eigenvalue weighted by Gasteiger charge is 2.40. The molecule has 0 atom stereocenters. The van der Waals surface area contributed by atoms with Gasteiger partial charge in [0.05, 0.1) is 5.60 Å². The SMILES string of the molecule is CC(C)(C)OCCC1(CN)CC1. The number of nitrogens with two attached hydrogens (primary N) is 1. The van der Waals surface area contributed by atoms with Crippen LogP contribution >= 0.6 is 0 Å². The Morgan fingerprint density at radius 2 is 1.92 bits per heavy atom. The molecule has 1 aliphatic rings. The molecular weight excluding hydrogens is 150 g/mol. The molecule has 0 unspecified atom stereocenters. The molecular formula is C10H21NO. The third-order valence-corrected chi connectivity index (χ3v) is 2.56. The summed E-state index contributed by atoms with van der Waals surface area (Å²) in [4.78, 5) is 0. The highest BCUT2D eigenvalue weighted by molar-refractivity contribution is 4.93. The second-order valence-electron chi connectivity index (χ2n) is 4.91. The quantitative estimate of drug-likeness (QED) is 0.701. The lowest BCUT2D eigenvalue weighted by molar-refractivity contribution is -0.0103. The zero-order valence-electron chi connectivity index (χ0n) is 8.52. The van der Waals surface area contributed by atoms with E-state index in [1.54, 1.807) is 0 Å². The molecule has 0 aromatic heterocycles. The summed E-state index contributed by atoms with van der Waals surface area (Å²) in [7, 11) is 0. The molecule has 0 spiro atoms. The summed E-state index contributed by atoms with van der Waals surface area (Å²) in [5.74, 6) is 0. The Morgan fingerprint density at radius 3 is 2.25 bits per heavy atom. The van der Waals surface area contributed by atoms with E-state index in [1.165, 1.54) is 12.8 Å². The molecule has 72 valence electrons. The van der Waals surface area contributed by atoms with Crippen molar-refractivity contribution in [2.45, 2.75) is 45.6 Å². The van der Waals surface area contributed by atoms with Crippen molar-refractivity contribution in [3.8, 4) is 0 Å². The van der Waals surface area contributed by atoms with E-state index in [-0.39, 0.29) is 5.60 Å². The molecule has 0 heterocycles. The minimum Gasteiger partial charge on any atom is -0.376 e. The van der Waals surface area contributed by atoms with Crippen LogP contribution in [0.3, 0.4) is 0 Å². The summed E-state index contributed by atoms with van der Waals surface area (Å²) in [6.45, 7) is 7.97. The molecule has 1 fully saturated rings. The van der Waals surface area contributed by atoms with E-state index < -0.39 is 0 Å². The highest BCUT2D eigenvalue weighted by atomic mass is 16.5. The minimum absolute atomic E-state index is 0.00464. The van der Waals surface area contributed by atoms with Crippen molar-refractivity contribution in [1.29, 1.82) is 0 Å². The summed E-state index contributed by atoms with van der Waals surface area (Å²) in [6.07, 6.45) is 3.74. The van der Waals surface area contributed by atoms with E-state index in [0.29, 0.717) is 5.41 Å². The average molecular weight is 171 g/mol. The van der Waals surface area contributed by atoms with Gasteiger partial charge in [0.15, 0.2) is 0 Å². The first-order chi connectivity index (χ1) is 5.47. The van der Waals surface area contributed by atoms with Gasteiger partial charge < -0.3 is 10.5 Å². The van der Waals surface area contributed by atoms with Gasteiger partial charge in [0.1, 0.15) is 0 Å². The van der Waals surface area contributed by atoms with Crippen molar-refractivity contribution in [3.05, 3.63) is 0 Å². The average Bonchev–Trinajstić information content (AvgIpc) is 2.67. The van der Waals surface area contributed by atoms with E-state index in [4.69, 9.17) is 10.5 Å². The van der Waals surface area contributed by atoms with Gasteiger partial charge in [0.2, 0.25) is 0 Å². The lowest BCUT2D eigenvalue weighted by Gasteiger charge is -2.21. The van der Waals surface area contributed by atoms with Gasteiger partial charge in [0, 0.05) is 6.61 Å². The van der Waals surface area contributed by atoms with Crippen molar-refractivity contribution in [3.63, 3.8) is 0 Å². The van der Waals surface area contributed by atoms with Crippen LogP contribution < -0.4 is 5.73 Å². The van der Waals surface area contributed by atoms with Crippen LogP contribution in [0.1, 0.15) is 40.0 Å². The van der Waals surface area contributed by atoms with Crippen molar-refractivity contribution in [1.82, 2.24) is 0 Å². The van der Waals surface area contributed by atoms with Gasteiger partial charge in [-0.1, -0.05) is 0 Å². The molecule has 0 aliphatic heterocycles. The zero-order chi connectivity index (χ0) is 9.24. The predicted octanol–water partition coefficient (Wildman–Crippen LogP) is 1.93. The zero-order valence-corrected chi connectivity index (χ0v) is 8.52. The molecule has 0 aromatic carbocycles. The Balaban J connectivity index is 2.10. The van der Waals surface area contributed by atoms with E-state index in [0.717, 1.165) is 19.6 Å². The molecule has 0 amide bonds. The summed E-state index contributed by atoms with van der Waals surface area (Å²) in [5.41, 5.74) is 6.13. The van der Waals surface area contributed by atoms with E-state index in [9.17, 15) is 0 Å². The Morgan fingerprint density at radius 1 is 1.33 bits per heavy atom. The fourth-order valence-corrected chi connectivity index (χ4v) is 1.31. The number of ether oxygens (including phenoxy) is 1. The molecule has 0 radical (unpaired) electrons. The van der Waals surface area contributed by atoms with Crippen molar-refractivity contribution < 1.29 is 4.74 Å². The standard InChI is InChI=1S/C10H21NO/c1-9(2,3)12-7-6-10(8-11)4-5-10/h4-8,11H2,1-3H3. The van der Waals surface area contributed by atoms with Crippen LogP contribution in [0.4, 0.5) is 0 Å². The maximum absolute atomic E-state index is 5.66. The maximum atomic E-state index is 5.66. The molecule has 0 saturated heterocycles. The molecule has 12 heavy (non-hydrogen) atoms. The van der Waals surface area contributed by atoms with E-state index >= 15 is 0 Å². The van der Waals surface area contributed by atoms with Crippen LogP contribution in [0.15, 0.2) is 0 Å². The molecule has 1 rings (SSSR count). The second-order valence-corrected chi connectivity index (χ2v) is 4.91.